The second kappa shape index (κ2) is 5.54. The number of hydrogen-bond donors (Lipinski definition) is 1. The van der Waals surface area contributed by atoms with Gasteiger partial charge in [0, 0.05) is 22.2 Å². The standard InChI is InChI=1S/C14H13Cl2N/c1-17-9-10-5-6-13(14(16)7-10)11-3-2-4-12(15)8-11/h2-8,17H,9H2,1H3. The van der Waals surface area contributed by atoms with E-state index in [-0.39, 0.29) is 0 Å². The number of hydrogen-bond acceptors (Lipinski definition) is 1. The third kappa shape index (κ3) is 3.01. The van der Waals surface area contributed by atoms with E-state index in [9.17, 15) is 0 Å². The summed E-state index contributed by atoms with van der Waals surface area (Å²) in [5.74, 6) is 0. The van der Waals surface area contributed by atoms with Crippen molar-refractivity contribution in [3.8, 4) is 11.1 Å². The number of benzene rings is 2. The largest absolute Gasteiger partial charge is 0.316 e. The van der Waals surface area contributed by atoms with Gasteiger partial charge in [-0.25, -0.2) is 0 Å². The Labute approximate surface area is 111 Å². The molecule has 1 N–H and O–H groups in total. The molecule has 0 aromatic heterocycles. The van der Waals surface area contributed by atoms with Crippen LogP contribution >= 0.6 is 23.2 Å². The SMILES string of the molecule is CNCc1ccc(-c2cccc(Cl)c2)c(Cl)c1. The second-order valence-corrected chi connectivity index (χ2v) is 4.70. The minimum Gasteiger partial charge on any atom is -0.316 e. The predicted octanol–water partition coefficient (Wildman–Crippen LogP) is 4.38. The van der Waals surface area contributed by atoms with E-state index in [2.05, 4.69) is 11.4 Å². The van der Waals surface area contributed by atoms with E-state index in [4.69, 9.17) is 23.2 Å². The van der Waals surface area contributed by atoms with E-state index in [1.807, 2.05) is 43.4 Å². The molecule has 0 bridgehead atoms. The summed E-state index contributed by atoms with van der Waals surface area (Å²) in [6.45, 7) is 0.815. The number of halogens is 2. The summed E-state index contributed by atoms with van der Waals surface area (Å²) in [5, 5.41) is 4.57. The van der Waals surface area contributed by atoms with Crippen molar-refractivity contribution in [3.63, 3.8) is 0 Å². The monoisotopic (exact) mass is 265 g/mol. The van der Waals surface area contributed by atoms with Gasteiger partial charge in [-0.1, -0.05) is 47.5 Å². The van der Waals surface area contributed by atoms with Gasteiger partial charge in [0.15, 0.2) is 0 Å². The van der Waals surface area contributed by atoms with Crippen molar-refractivity contribution in [2.45, 2.75) is 6.54 Å². The molecule has 0 saturated carbocycles. The summed E-state index contributed by atoms with van der Waals surface area (Å²) >= 11 is 12.3. The Bertz CT molecular complexity index is 523. The van der Waals surface area contributed by atoms with Crippen molar-refractivity contribution in [1.29, 1.82) is 0 Å². The molecule has 0 spiro atoms. The smallest absolute Gasteiger partial charge is 0.0487 e. The van der Waals surface area contributed by atoms with Crippen molar-refractivity contribution in [3.05, 3.63) is 58.1 Å². The van der Waals surface area contributed by atoms with Crippen LogP contribution in [0.2, 0.25) is 10.0 Å². The molecule has 0 fully saturated rings. The molecule has 2 aromatic carbocycles. The molecule has 17 heavy (non-hydrogen) atoms. The molecule has 2 aromatic rings. The summed E-state index contributed by atoms with van der Waals surface area (Å²) in [4.78, 5) is 0. The molecule has 0 saturated heterocycles. The lowest BCUT2D eigenvalue weighted by atomic mass is 10.0. The third-order valence-electron chi connectivity index (χ3n) is 2.55. The van der Waals surface area contributed by atoms with Crippen LogP contribution in [0.1, 0.15) is 5.56 Å². The zero-order chi connectivity index (χ0) is 12.3. The Morgan fingerprint density at radius 3 is 2.53 bits per heavy atom. The molecular weight excluding hydrogens is 253 g/mol. The predicted molar refractivity (Wildman–Crippen MR) is 74.7 cm³/mol. The second-order valence-electron chi connectivity index (χ2n) is 3.85. The van der Waals surface area contributed by atoms with Gasteiger partial charge in [0.2, 0.25) is 0 Å². The van der Waals surface area contributed by atoms with Crippen LogP contribution in [-0.4, -0.2) is 7.05 Å². The fourth-order valence-electron chi connectivity index (χ4n) is 1.76. The van der Waals surface area contributed by atoms with Crippen LogP contribution in [0.3, 0.4) is 0 Å². The van der Waals surface area contributed by atoms with Gasteiger partial charge in [0.1, 0.15) is 0 Å². The van der Waals surface area contributed by atoms with Gasteiger partial charge in [-0.15, -0.1) is 0 Å². The van der Waals surface area contributed by atoms with Crippen LogP contribution in [0.5, 0.6) is 0 Å². The van der Waals surface area contributed by atoms with Crippen LogP contribution in [0, 0.1) is 0 Å². The Morgan fingerprint density at radius 1 is 1.06 bits per heavy atom. The Balaban J connectivity index is 2.39. The van der Waals surface area contributed by atoms with Crippen molar-refractivity contribution in [2.24, 2.45) is 0 Å². The molecule has 0 atom stereocenters. The first-order chi connectivity index (χ1) is 8.20. The number of nitrogens with one attached hydrogen (secondary N) is 1. The lowest BCUT2D eigenvalue weighted by molar-refractivity contribution is 0.818. The molecule has 0 radical (unpaired) electrons. The normalized spacial score (nSPS) is 10.5. The minimum atomic E-state index is 0.720. The van der Waals surface area contributed by atoms with Gasteiger partial charge in [0.05, 0.1) is 0 Å². The van der Waals surface area contributed by atoms with Crippen LogP contribution in [-0.2, 0) is 6.54 Å². The van der Waals surface area contributed by atoms with Gasteiger partial charge in [-0.05, 0) is 36.4 Å². The molecular formula is C14H13Cl2N. The first-order valence-electron chi connectivity index (χ1n) is 5.39. The van der Waals surface area contributed by atoms with Gasteiger partial charge in [-0.3, -0.25) is 0 Å². The molecule has 0 aliphatic rings. The third-order valence-corrected chi connectivity index (χ3v) is 3.10. The van der Waals surface area contributed by atoms with Crippen LogP contribution in [0.25, 0.3) is 11.1 Å². The highest BCUT2D eigenvalue weighted by Crippen LogP contribution is 2.30. The summed E-state index contributed by atoms with van der Waals surface area (Å²) in [7, 11) is 1.92. The summed E-state index contributed by atoms with van der Waals surface area (Å²) in [6, 6.07) is 13.8. The zero-order valence-electron chi connectivity index (χ0n) is 9.50. The first-order valence-corrected chi connectivity index (χ1v) is 6.15. The first kappa shape index (κ1) is 12.4. The Kier molecular flexibility index (Phi) is 4.06. The maximum atomic E-state index is 6.28. The van der Waals surface area contributed by atoms with Gasteiger partial charge in [-0.2, -0.15) is 0 Å². The fraction of sp³-hybridized carbons (Fsp3) is 0.143. The quantitative estimate of drug-likeness (QED) is 0.869. The highest BCUT2D eigenvalue weighted by molar-refractivity contribution is 6.33. The van der Waals surface area contributed by atoms with Crippen molar-refractivity contribution >= 4 is 23.2 Å². The van der Waals surface area contributed by atoms with E-state index < -0.39 is 0 Å². The molecule has 1 nitrogen and oxygen atoms in total. The molecule has 0 unspecified atom stereocenters. The molecule has 2 rings (SSSR count). The topological polar surface area (TPSA) is 12.0 Å². The van der Waals surface area contributed by atoms with Crippen LogP contribution < -0.4 is 5.32 Å². The minimum absolute atomic E-state index is 0.720. The van der Waals surface area contributed by atoms with E-state index >= 15 is 0 Å². The Hall–Kier alpha value is -1.02. The van der Waals surface area contributed by atoms with E-state index in [0.29, 0.717) is 0 Å². The van der Waals surface area contributed by atoms with Crippen molar-refractivity contribution < 1.29 is 0 Å². The molecule has 0 aliphatic carbocycles. The lowest BCUT2D eigenvalue weighted by Crippen LogP contribution is -2.04. The van der Waals surface area contributed by atoms with E-state index in [1.54, 1.807) is 0 Å². The molecule has 0 aliphatic heterocycles. The summed E-state index contributed by atoms with van der Waals surface area (Å²) < 4.78 is 0. The van der Waals surface area contributed by atoms with Crippen LogP contribution in [0.15, 0.2) is 42.5 Å². The lowest BCUT2D eigenvalue weighted by Gasteiger charge is -2.07. The van der Waals surface area contributed by atoms with Gasteiger partial charge >= 0.3 is 0 Å². The molecule has 3 heteroatoms. The summed E-state index contributed by atoms with van der Waals surface area (Å²) in [5.41, 5.74) is 3.22. The summed E-state index contributed by atoms with van der Waals surface area (Å²) in [6.07, 6.45) is 0. The van der Waals surface area contributed by atoms with E-state index in [1.165, 1.54) is 5.56 Å². The highest BCUT2D eigenvalue weighted by Gasteiger charge is 2.04. The van der Waals surface area contributed by atoms with Gasteiger partial charge in [0.25, 0.3) is 0 Å². The maximum Gasteiger partial charge on any atom is 0.0487 e. The number of rotatable bonds is 3. The average molecular weight is 266 g/mol. The van der Waals surface area contributed by atoms with Gasteiger partial charge < -0.3 is 5.32 Å². The van der Waals surface area contributed by atoms with E-state index in [0.717, 1.165) is 27.7 Å². The molecule has 0 heterocycles. The van der Waals surface area contributed by atoms with Crippen molar-refractivity contribution in [1.82, 2.24) is 5.32 Å². The van der Waals surface area contributed by atoms with Crippen LogP contribution in [0.4, 0.5) is 0 Å². The fourth-order valence-corrected chi connectivity index (χ4v) is 2.27. The maximum absolute atomic E-state index is 6.28. The molecule has 0 amide bonds. The average Bonchev–Trinajstić information content (AvgIpc) is 2.29. The zero-order valence-corrected chi connectivity index (χ0v) is 11.0. The van der Waals surface area contributed by atoms with Crippen molar-refractivity contribution in [2.75, 3.05) is 7.05 Å². The molecule has 88 valence electrons. The highest BCUT2D eigenvalue weighted by atomic mass is 35.5. The Morgan fingerprint density at radius 2 is 1.88 bits per heavy atom.